The summed E-state index contributed by atoms with van der Waals surface area (Å²) in [6.45, 7) is 2.03. The minimum Gasteiger partial charge on any atom is -0.388 e. The fourth-order valence-corrected chi connectivity index (χ4v) is 3.43. The molecule has 0 spiro atoms. The van der Waals surface area contributed by atoms with Gasteiger partial charge in [-0.15, -0.1) is 11.3 Å². The maximum atomic E-state index is 11.6. The molecule has 1 aromatic heterocycles. The Balaban J connectivity index is 1.95. The van der Waals surface area contributed by atoms with Crippen LogP contribution in [0.25, 0.3) is 0 Å². The van der Waals surface area contributed by atoms with Crippen LogP contribution in [0.4, 0.5) is 5.69 Å². The first-order valence-electron chi connectivity index (χ1n) is 6.77. The molecule has 0 radical (unpaired) electrons. The zero-order chi connectivity index (χ0) is 14.1. The van der Waals surface area contributed by atoms with Gasteiger partial charge in [-0.3, -0.25) is 4.79 Å². The number of benzene rings is 1. The molecule has 0 fully saturated rings. The monoisotopic (exact) mass is 287 g/mol. The highest BCUT2D eigenvalue weighted by atomic mass is 32.1. The standard InChI is InChI=1S/C16H17NO2S/c1-10-7-11-4-5-15(19)17-16(11)13(8-10)14(18)9-12-3-2-6-20-12/h2-3,6-8,14,18H,4-5,9H2,1H3,(H,17,19). The van der Waals surface area contributed by atoms with E-state index in [-0.39, 0.29) is 5.91 Å². The van der Waals surface area contributed by atoms with Crippen molar-refractivity contribution in [2.45, 2.75) is 32.3 Å². The number of hydrogen-bond donors (Lipinski definition) is 2. The molecular formula is C16H17NO2S. The average molecular weight is 287 g/mol. The number of fused-ring (bicyclic) bond motifs is 1. The fraction of sp³-hybridized carbons (Fsp3) is 0.312. The molecule has 104 valence electrons. The van der Waals surface area contributed by atoms with E-state index in [4.69, 9.17) is 0 Å². The van der Waals surface area contributed by atoms with Crippen LogP contribution in [0, 0.1) is 6.92 Å². The van der Waals surface area contributed by atoms with E-state index in [9.17, 15) is 9.90 Å². The first-order valence-corrected chi connectivity index (χ1v) is 7.65. The molecule has 20 heavy (non-hydrogen) atoms. The van der Waals surface area contributed by atoms with Crippen molar-refractivity contribution in [3.63, 3.8) is 0 Å². The van der Waals surface area contributed by atoms with Crippen LogP contribution in [0.2, 0.25) is 0 Å². The molecule has 3 nitrogen and oxygen atoms in total. The number of rotatable bonds is 3. The summed E-state index contributed by atoms with van der Waals surface area (Å²) in [4.78, 5) is 12.8. The molecule has 0 bridgehead atoms. The molecule has 1 aliphatic heterocycles. The van der Waals surface area contributed by atoms with Gasteiger partial charge in [-0.25, -0.2) is 0 Å². The lowest BCUT2D eigenvalue weighted by Gasteiger charge is -2.23. The second-order valence-corrected chi connectivity index (χ2v) is 6.27. The molecule has 0 saturated heterocycles. The smallest absolute Gasteiger partial charge is 0.224 e. The molecular weight excluding hydrogens is 270 g/mol. The number of thiophene rings is 1. The Bertz CT molecular complexity index is 634. The topological polar surface area (TPSA) is 49.3 Å². The lowest BCUT2D eigenvalue weighted by molar-refractivity contribution is -0.116. The molecule has 2 aromatic rings. The van der Waals surface area contributed by atoms with Gasteiger partial charge in [0.1, 0.15) is 0 Å². The Kier molecular flexibility index (Phi) is 3.59. The number of anilines is 1. The Labute approximate surface area is 122 Å². The summed E-state index contributed by atoms with van der Waals surface area (Å²) in [5, 5.41) is 15.4. The van der Waals surface area contributed by atoms with Gasteiger partial charge in [-0.05, 0) is 30.4 Å². The van der Waals surface area contributed by atoms with Crippen molar-refractivity contribution in [2.75, 3.05) is 5.32 Å². The minimum atomic E-state index is -0.583. The van der Waals surface area contributed by atoms with Crippen LogP contribution in [0.5, 0.6) is 0 Å². The summed E-state index contributed by atoms with van der Waals surface area (Å²) in [5.41, 5.74) is 3.90. The summed E-state index contributed by atoms with van der Waals surface area (Å²) < 4.78 is 0. The fourth-order valence-electron chi connectivity index (χ4n) is 2.68. The van der Waals surface area contributed by atoms with Crippen molar-refractivity contribution in [1.82, 2.24) is 0 Å². The zero-order valence-electron chi connectivity index (χ0n) is 11.3. The highest BCUT2D eigenvalue weighted by molar-refractivity contribution is 7.09. The van der Waals surface area contributed by atoms with Crippen molar-refractivity contribution < 1.29 is 9.90 Å². The number of nitrogens with one attached hydrogen (secondary N) is 1. The van der Waals surface area contributed by atoms with E-state index < -0.39 is 6.10 Å². The number of aliphatic hydroxyl groups is 1. The van der Waals surface area contributed by atoms with Gasteiger partial charge in [0.25, 0.3) is 0 Å². The van der Waals surface area contributed by atoms with Gasteiger partial charge in [-0.2, -0.15) is 0 Å². The second-order valence-electron chi connectivity index (χ2n) is 5.24. The Hall–Kier alpha value is -1.65. The highest BCUT2D eigenvalue weighted by Crippen LogP contribution is 2.34. The lowest BCUT2D eigenvalue weighted by Crippen LogP contribution is -2.21. The molecule has 1 atom stereocenters. The van der Waals surface area contributed by atoms with Crippen LogP contribution < -0.4 is 5.32 Å². The van der Waals surface area contributed by atoms with Crippen molar-refractivity contribution in [2.24, 2.45) is 0 Å². The van der Waals surface area contributed by atoms with Crippen LogP contribution in [0.15, 0.2) is 29.6 Å². The van der Waals surface area contributed by atoms with Crippen molar-refractivity contribution >= 4 is 22.9 Å². The molecule has 0 aliphatic carbocycles. The molecule has 2 N–H and O–H groups in total. The first kappa shape index (κ1) is 13.3. The predicted molar refractivity (Wildman–Crippen MR) is 81.1 cm³/mol. The van der Waals surface area contributed by atoms with Gasteiger partial charge in [0, 0.05) is 29.0 Å². The number of carbonyl (C=O) groups is 1. The molecule has 1 amide bonds. The van der Waals surface area contributed by atoms with E-state index in [1.807, 2.05) is 30.5 Å². The van der Waals surface area contributed by atoms with Crippen LogP contribution in [0.3, 0.4) is 0 Å². The van der Waals surface area contributed by atoms with E-state index in [0.717, 1.165) is 33.7 Å². The van der Waals surface area contributed by atoms with Gasteiger partial charge in [0.15, 0.2) is 0 Å². The van der Waals surface area contributed by atoms with Gasteiger partial charge in [-0.1, -0.05) is 23.8 Å². The third kappa shape index (κ3) is 2.62. The summed E-state index contributed by atoms with van der Waals surface area (Å²) in [7, 11) is 0. The van der Waals surface area contributed by atoms with Crippen LogP contribution in [-0.4, -0.2) is 11.0 Å². The number of hydrogen-bond acceptors (Lipinski definition) is 3. The summed E-state index contributed by atoms with van der Waals surface area (Å²) in [6, 6.07) is 8.08. The van der Waals surface area contributed by atoms with Crippen molar-refractivity contribution in [1.29, 1.82) is 0 Å². The van der Waals surface area contributed by atoms with Gasteiger partial charge in [0.05, 0.1) is 6.10 Å². The lowest BCUT2D eigenvalue weighted by atomic mass is 9.93. The molecule has 1 aromatic carbocycles. The van der Waals surface area contributed by atoms with Crippen molar-refractivity contribution in [3.05, 3.63) is 51.2 Å². The Morgan fingerprint density at radius 2 is 2.25 bits per heavy atom. The summed E-state index contributed by atoms with van der Waals surface area (Å²) in [6.07, 6.45) is 1.28. The van der Waals surface area contributed by atoms with E-state index >= 15 is 0 Å². The summed E-state index contributed by atoms with van der Waals surface area (Å²) in [5.74, 6) is 0.0333. The summed E-state index contributed by atoms with van der Waals surface area (Å²) >= 11 is 1.64. The molecule has 1 unspecified atom stereocenters. The molecule has 1 aliphatic rings. The SMILES string of the molecule is Cc1cc2c(c(C(O)Cc3cccs3)c1)NC(=O)CC2. The van der Waals surface area contributed by atoms with Crippen LogP contribution in [-0.2, 0) is 17.6 Å². The van der Waals surface area contributed by atoms with Gasteiger partial charge < -0.3 is 10.4 Å². The van der Waals surface area contributed by atoms with Gasteiger partial charge >= 0.3 is 0 Å². The van der Waals surface area contributed by atoms with E-state index in [2.05, 4.69) is 11.4 Å². The maximum absolute atomic E-state index is 11.6. The normalized spacial score (nSPS) is 15.6. The quantitative estimate of drug-likeness (QED) is 0.910. The largest absolute Gasteiger partial charge is 0.388 e. The van der Waals surface area contributed by atoms with Crippen LogP contribution in [0.1, 0.15) is 34.1 Å². The molecule has 3 rings (SSSR count). The Morgan fingerprint density at radius 1 is 1.40 bits per heavy atom. The van der Waals surface area contributed by atoms with E-state index in [0.29, 0.717) is 12.8 Å². The predicted octanol–water partition coefficient (Wildman–Crippen LogP) is 3.22. The second kappa shape index (κ2) is 5.38. The first-order chi connectivity index (χ1) is 9.63. The number of amides is 1. The minimum absolute atomic E-state index is 0.0333. The number of carbonyl (C=O) groups excluding carboxylic acids is 1. The number of aliphatic hydroxyl groups excluding tert-OH is 1. The third-order valence-corrected chi connectivity index (χ3v) is 4.51. The van der Waals surface area contributed by atoms with E-state index in [1.54, 1.807) is 11.3 Å². The zero-order valence-corrected chi connectivity index (χ0v) is 12.2. The van der Waals surface area contributed by atoms with Crippen LogP contribution >= 0.6 is 11.3 Å². The molecule has 2 heterocycles. The molecule has 4 heteroatoms. The molecule has 0 saturated carbocycles. The van der Waals surface area contributed by atoms with E-state index in [1.165, 1.54) is 0 Å². The Morgan fingerprint density at radius 3 is 3.00 bits per heavy atom. The van der Waals surface area contributed by atoms with Crippen molar-refractivity contribution in [3.8, 4) is 0 Å². The number of aryl methyl sites for hydroxylation is 2. The maximum Gasteiger partial charge on any atom is 0.224 e. The highest BCUT2D eigenvalue weighted by Gasteiger charge is 2.22. The van der Waals surface area contributed by atoms with Gasteiger partial charge in [0.2, 0.25) is 5.91 Å². The third-order valence-electron chi connectivity index (χ3n) is 3.61. The average Bonchev–Trinajstić information content (AvgIpc) is 2.91.